The molecular weight excluding hydrogens is 286 g/mol. The highest BCUT2D eigenvalue weighted by Gasteiger charge is 2.26. The van der Waals surface area contributed by atoms with Crippen LogP contribution < -0.4 is 5.73 Å². The van der Waals surface area contributed by atoms with E-state index in [2.05, 4.69) is 35.9 Å². The van der Waals surface area contributed by atoms with Gasteiger partial charge in [-0.3, -0.25) is 4.79 Å². The van der Waals surface area contributed by atoms with E-state index in [0.717, 1.165) is 13.0 Å². The number of fused-ring (bicyclic) bond motifs is 3. The smallest absolute Gasteiger partial charge is 0.254 e. The highest BCUT2D eigenvalue weighted by molar-refractivity contribution is 5.95. The maximum absolute atomic E-state index is 12.7. The second-order valence-electron chi connectivity index (χ2n) is 6.10. The molecule has 0 unspecified atom stereocenters. The summed E-state index contributed by atoms with van der Waals surface area (Å²) in [5, 5.41) is 1.31. The number of aromatic nitrogens is 1. The molecule has 1 aliphatic rings. The molecular formula is C19H19N3O. The SMILES string of the molecule is Cn1c2c(c3ccccc31)CCN(C(=O)c1cccc(N)c1)C2. The Morgan fingerprint density at radius 3 is 2.78 bits per heavy atom. The van der Waals surface area contributed by atoms with Crippen molar-refractivity contribution in [3.05, 3.63) is 65.4 Å². The molecule has 0 aliphatic carbocycles. The molecule has 4 rings (SSSR count). The summed E-state index contributed by atoms with van der Waals surface area (Å²) in [7, 11) is 2.08. The number of nitrogens with zero attached hydrogens (tertiary/aromatic N) is 2. The molecule has 3 aromatic rings. The summed E-state index contributed by atoms with van der Waals surface area (Å²) in [6, 6.07) is 15.6. The van der Waals surface area contributed by atoms with Crippen molar-refractivity contribution in [2.75, 3.05) is 12.3 Å². The fraction of sp³-hybridized carbons (Fsp3) is 0.211. The van der Waals surface area contributed by atoms with Crippen molar-refractivity contribution in [3.63, 3.8) is 0 Å². The first-order chi connectivity index (χ1) is 11.1. The Hall–Kier alpha value is -2.75. The Kier molecular flexibility index (Phi) is 3.11. The molecule has 0 bridgehead atoms. The van der Waals surface area contributed by atoms with Crippen LogP contribution >= 0.6 is 0 Å². The number of benzene rings is 2. The van der Waals surface area contributed by atoms with Gasteiger partial charge in [-0.15, -0.1) is 0 Å². The molecule has 4 heteroatoms. The van der Waals surface area contributed by atoms with Crippen LogP contribution in [-0.2, 0) is 20.0 Å². The van der Waals surface area contributed by atoms with Crippen LogP contribution in [0.3, 0.4) is 0 Å². The van der Waals surface area contributed by atoms with Gasteiger partial charge < -0.3 is 15.2 Å². The van der Waals surface area contributed by atoms with Crippen LogP contribution in [0.15, 0.2) is 48.5 Å². The van der Waals surface area contributed by atoms with Gasteiger partial charge in [0, 0.05) is 41.4 Å². The third-order valence-corrected chi connectivity index (χ3v) is 4.74. The van der Waals surface area contributed by atoms with Crippen molar-refractivity contribution in [1.82, 2.24) is 9.47 Å². The van der Waals surface area contributed by atoms with E-state index in [4.69, 9.17) is 5.73 Å². The minimum atomic E-state index is 0.0493. The molecule has 0 spiro atoms. The zero-order chi connectivity index (χ0) is 16.0. The lowest BCUT2D eigenvalue weighted by Gasteiger charge is -2.28. The van der Waals surface area contributed by atoms with Crippen LogP contribution in [0.4, 0.5) is 5.69 Å². The molecule has 1 amide bonds. The number of para-hydroxylation sites is 1. The van der Waals surface area contributed by atoms with E-state index in [9.17, 15) is 4.79 Å². The van der Waals surface area contributed by atoms with Crippen molar-refractivity contribution in [2.45, 2.75) is 13.0 Å². The normalized spacial score (nSPS) is 14.0. The number of nitrogen functional groups attached to an aromatic ring is 1. The molecule has 0 saturated carbocycles. The fourth-order valence-corrected chi connectivity index (χ4v) is 3.54. The minimum Gasteiger partial charge on any atom is -0.399 e. The Morgan fingerprint density at radius 2 is 1.96 bits per heavy atom. The molecule has 2 heterocycles. The van der Waals surface area contributed by atoms with E-state index >= 15 is 0 Å². The molecule has 0 atom stereocenters. The molecule has 4 nitrogen and oxygen atoms in total. The third-order valence-electron chi connectivity index (χ3n) is 4.74. The van der Waals surface area contributed by atoms with E-state index in [1.807, 2.05) is 17.0 Å². The lowest BCUT2D eigenvalue weighted by Crippen LogP contribution is -2.36. The molecule has 0 radical (unpaired) electrons. The van der Waals surface area contributed by atoms with Crippen LogP contribution in [0.5, 0.6) is 0 Å². The van der Waals surface area contributed by atoms with Gasteiger partial charge in [-0.2, -0.15) is 0 Å². The van der Waals surface area contributed by atoms with Crippen LogP contribution in [0, 0.1) is 0 Å². The number of hydrogen-bond donors (Lipinski definition) is 1. The van der Waals surface area contributed by atoms with Gasteiger partial charge in [-0.25, -0.2) is 0 Å². The lowest BCUT2D eigenvalue weighted by atomic mass is 10.0. The molecule has 0 saturated heterocycles. The average Bonchev–Trinajstić information content (AvgIpc) is 2.87. The van der Waals surface area contributed by atoms with Gasteiger partial charge in [0.05, 0.1) is 6.54 Å². The first-order valence-electron chi connectivity index (χ1n) is 7.85. The van der Waals surface area contributed by atoms with Crippen LogP contribution in [0.2, 0.25) is 0 Å². The number of rotatable bonds is 1. The zero-order valence-corrected chi connectivity index (χ0v) is 13.1. The third kappa shape index (κ3) is 2.18. The van der Waals surface area contributed by atoms with Crippen molar-refractivity contribution in [1.29, 1.82) is 0 Å². The van der Waals surface area contributed by atoms with Crippen LogP contribution in [-0.4, -0.2) is 21.9 Å². The van der Waals surface area contributed by atoms with E-state index in [1.165, 1.54) is 22.2 Å². The van der Waals surface area contributed by atoms with E-state index < -0.39 is 0 Å². The zero-order valence-electron chi connectivity index (χ0n) is 13.1. The highest BCUT2D eigenvalue weighted by atomic mass is 16.2. The van der Waals surface area contributed by atoms with Crippen LogP contribution in [0.25, 0.3) is 10.9 Å². The number of carbonyl (C=O) groups is 1. The maximum Gasteiger partial charge on any atom is 0.254 e. The van der Waals surface area contributed by atoms with Gasteiger partial charge in [0.25, 0.3) is 5.91 Å². The number of aryl methyl sites for hydroxylation is 1. The summed E-state index contributed by atoms with van der Waals surface area (Å²) in [6.45, 7) is 1.39. The Bertz CT molecular complexity index is 910. The maximum atomic E-state index is 12.7. The average molecular weight is 305 g/mol. The number of hydrogen-bond acceptors (Lipinski definition) is 2. The number of anilines is 1. The van der Waals surface area contributed by atoms with E-state index in [0.29, 0.717) is 17.8 Å². The molecule has 0 fully saturated rings. The summed E-state index contributed by atoms with van der Waals surface area (Å²) < 4.78 is 2.21. The first kappa shape index (κ1) is 13.9. The minimum absolute atomic E-state index is 0.0493. The monoisotopic (exact) mass is 305 g/mol. The second-order valence-corrected chi connectivity index (χ2v) is 6.10. The molecule has 116 valence electrons. The summed E-state index contributed by atoms with van der Waals surface area (Å²) in [6.07, 6.45) is 0.894. The quantitative estimate of drug-likeness (QED) is 0.703. The molecule has 2 N–H and O–H groups in total. The van der Waals surface area contributed by atoms with Gasteiger partial charge in [0.1, 0.15) is 0 Å². The Morgan fingerprint density at radius 1 is 1.13 bits per heavy atom. The predicted octanol–water partition coefficient (Wildman–Crippen LogP) is 2.96. The lowest BCUT2D eigenvalue weighted by molar-refractivity contribution is 0.0731. The van der Waals surface area contributed by atoms with E-state index in [1.54, 1.807) is 12.1 Å². The van der Waals surface area contributed by atoms with E-state index in [-0.39, 0.29) is 5.91 Å². The summed E-state index contributed by atoms with van der Waals surface area (Å²) in [5.41, 5.74) is 10.9. The van der Waals surface area contributed by atoms with Gasteiger partial charge in [-0.1, -0.05) is 24.3 Å². The summed E-state index contributed by atoms with van der Waals surface area (Å²) >= 11 is 0. The van der Waals surface area contributed by atoms with Gasteiger partial charge >= 0.3 is 0 Å². The molecule has 1 aliphatic heterocycles. The predicted molar refractivity (Wildman–Crippen MR) is 92.2 cm³/mol. The Labute approximate surface area is 135 Å². The largest absolute Gasteiger partial charge is 0.399 e. The molecule has 2 aromatic carbocycles. The highest BCUT2D eigenvalue weighted by Crippen LogP contribution is 2.30. The molecule has 1 aromatic heterocycles. The summed E-state index contributed by atoms with van der Waals surface area (Å²) in [5.74, 6) is 0.0493. The van der Waals surface area contributed by atoms with Crippen molar-refractivity contribution in [3.8, 4) is 0 Å². The van der Waals surface area contributed by atoms with Gasteiger partial charge in [0.2, 0.25) is 0 Å². The fourth-order valence-electron chi connectivity index (χ4n) is 3.54. The van der Waals surface area contributed by atoms with Crippen molar-refractivity contribution < 1.29 is 4.79 Å². The number of amides is 1. The topological polar surface area (TPSA) is 51.3 Å². The molecule has 23 heavy (non-hydrogen) atoms. The van der Waals surface area contributed by atoms with Crippen molar-refractivity contribution in [2.24, 2.45) is 7.05 Å². The number of carbonyl (C=O) groups excluding carboxylic acids is 1. The van der Waals surface area contributed by atoms with Gasteiger partial charge in [0.15, 0.2) is 0 Å². The Balaban J connectivity index is 1.70. The first-order valence-corrected chi connectivity index (χ1v) is 7.85. The van der Waals surface area contributed by atoms with Gasteiger partial charge in [-0.05, 0) is 36.2 Å². The summed E-state index contributed by atoms with van der Waals surface area (Å²) in [4.78, 5) is 14.7. The van der Waals surface area contributed by atoms with Crippen molar-refractivity contribution >= 4 is 22.5 Å². The second kappa shape index (κ2) is 5.16. The standard InChI is InChI=1S/C19H19N3O/c1-21-17-8-3-2-7-15(17)16-9-10-22(12-18(16)21)19(23)13-5-4-6-14(20)11-13/h2-8,11H,9-10,12,20H2,1H3. The number of nitrogens with two attached hydrogens (primary N) is 1. The van der Waals surface area contributed by atoms with Crippen LogP contribution in [0.1, 0.15) is 21.6 Å².